The highest BCUT2D eigenvalue weighted by atomic mass is 35.5. The van der Waals surface area contributed by atoms with E-state index in [9.17, 15) is 18.0 Å². The largest absolute Gasteiger partial charge is 0.294 e. The number of halogens is 4. The van der Waals surface area contributed by atoms with Gasteiger partial charge in [0.2, 0.25) is 0 Å². The zero-order valence-electron chi connectivity index (χ0n) is 8.94. The molecule has 1 radical (unpaired) electrons. The van der Waals surface area contributed by atoms with Crippen LogP contribution >= 0.6 is 11.6 Å². The van der Waals surface area contributed by atoms with Crippen molar-refractivity contribution in [3.8, 4) is 0 Å². The molecular formula is C12H9ClF3O. The number of hydrogen-bond donors (Lipinski definition) is 0. The van der Waals surface area contributed by atoms with Crippen LogP contribution in [-0.4, -0.2) is 5.78 Å². The highest BCUT2D eigenvalue weighted by Crippen LogP contribution is 2.42. The first-order valence-electron chi connectivity index (χ1n) is 5.19. The van der Waals surface area contributed by atoms with E-state index in [1.165, 1.54) is 0 Å². The first-order valence-corrected chi connectivity index (χ1v) is 5.57. The van der Waals surface area contributed by atoms with Crippen molar-refractivity contribution in [1.82, 2.24) is 0 Å². The molecule has 0 aromatic heterocycles. The Balaban J connectivity index is 2.37. The Bertz CT molecular complexity index is 487. The summed E-state index contributed by atoms with van der Waals surface area (Å²) in [6.07, 6.45) is 2.51. The lowest BCUT2D eigenvalue weighted by Gasteiger charge is -2.05. The predicted molar refractivity (Wildman–Crippen MR) is 57.2 cm³/mol. The van der Waals surface area contributed by atoms with Crippen LogP contribution in [0.2, 0.25) is 5.02 Å². The second kappa shape index (κ2) is 4.33. The van der Waals surface area contributed by atoms with Crippen molar-refractivity contribution < 1.29 is 18.0 Å². The maximum Gasteiger partial charge on any atom is 0.196 e. The number of benzene rings is 1. The van der Waals surface area contributed by atoms with E-state index < -0.39 is 39.7 Å². The molecule has 91 valence electrons. The smallest absolute Gasteiger partial charge is 0.196 e. The van der Waals surface area contributed by atoms with Crippen molar-refractivity contribution in [2.45, 2.75) is 13.3 Å². The molecule has 0 aliphatic heterocycles. The molecule has 1 nitrogen and oxygen atoms in total. The quantitative estimate of drug-likeness (QED) is 0.459. The zero-order chi connectivity index (χ0) is 12.7. The van der Waals surface area contributed by atoms with Crippen molar-refractivity contribution in [3.63, 3.8) is 0 Å². The van der Waals surface area contributed by atoms with Gasteiger partial charge in [-0.3, -0.25) is 4.79 Å². The van der Waals surface area contributed by atoms with E-state index in [4.69, 9.17) is 11.6 Å². The Morgan fingerprint density at radius 2 is 1.94 bits per heavy atom. The Kier molecular flexibility index (Phi) is 3.17. The van der Waals surface area contributed by atoms with Crippen LogP contribution in [0.5, 0.6) is 0 Å². The molecule has 1 aliphatic carbocycles. The molecule has 1 aliphatic rings. The number of rotatable bonds is 3. The third-order valence-electron chi connectivity index (χ3n) is 2.92. The maximum atomic E-state index is 13.4. The summed E-state index contributed by atoms with van der Waals surface area (Å²) < 4.78 is 39.4. The van der Waals surface area contributed by atoms with E-state index >= 15 is 0 Å². The fourth-order valence-corrected chi connectivity index (χ4v) is 2.00. The van der Waals surface area contributed by atoms with Gasteiger partial charge in [-0.05, 0) is 18.4 Å². The van der Waals surface area contributed by atoms with E-state index in [0.29, 0.717) is 0 Å². The summed E-state index contributed by atoms with van der Waals surface area (Å²) in [7, 11) is 0. The molecule has 1 fully saturated rings. The van der Waals surface area contributed by atoms with E-state index in [2.05, 4.69) is 0 Å². The molecule has 5 heteroatoms. The van der Waals surface area contributed by atoms with Crippen LogP contribution in [0.25, 0.3) is 0 Å². The molecule has 1 saturated carbocycles. The summed E-state index contributed by atoms with van der Waals surface area (Å²) in [5.74, 6) is -5.49. The van der Waals surface area contributed by atoms with Gasteiger partial charge in [-0.25, -0.2) is 13.2 Å². The maximum absolute atomic E-state index is 13.4. The molecule has 0 amide bonds. The van der Waals surface area contributed by atoms with Crippen molar-refractivity contribution in [2.24, 2.45) is 11.8 Å². The minimum atomic E-state index is -1.70. The fourth-order valence-electron chi connectivity index (χ4n) is 1.81. The topological polar surface area (TPSA) is 17.1 Å². The number of ketones is 1. The number of hydrogen-bond acceptors (Lipinski definition) is 1. The molecule has 2 unspecified atom stereocenters. The predicted octanol–water partition coefficient (Wildman–Crippen LogP) is 3.80. The Morgan fingerprint density at radius 1 is 1.29 bits per heavy atom. The molecule has 0 N–H and O–H groups in total. The summed E-state index contributed by atoms with van der Waals surface area (Å²) in [6, 6.07) is 0.844. The summed E-state index contributed by atoms with van der Waals surface area (Å²) in [4.78, 5) is 11.8. The van der Waals surface area contributed by atoms with Gasteiger partial charge in [0.15, 0.2) is 23.2 Å². The van der Waals surface area contributed by atoms with E-state index in [0.717, 1.165) is 12.5 Å². The zero-order valence-corrected chi connectivity index (χ0v) is 9.69. The van der Waals surface area contributed by atoms with Gasteiger partial charge in [-0.1, -0.05) is 24.9 Å². The average Bonchev–Trinajstić information content (AvgIpc) is 3.09. The van der Waals surface area contributed by atoms with Crippen LogP contribution in [0, 0.1) is 35.7 Å². The Morgan fingerprint density at radius 3 is 2.47 bits per heavy atom. The Hall–Kier alpha value is -1.03. The van der Waals surface area contributed by atoms with Crippen LogP contribution in [-0.2, 0) is 0 Å². The first-order chi connectivity index (χ1) is 7.97. The molecule has 2 atom stereocenters. The molecule has 2 rings (SSSR count). The lowest BCUT2D eigenvalue weighted by molar-refractivity contribution is 0.0959. The van der Waals surface area contributed by atoms with Gasteiger partial charge in [0, 0.05) is 5.92 Å². The van der Waals surface area contributed by atoms with Crippen LogP contribution in [0.1, 0.15) is 23.7 Å². The summed E-state index contributed by atoms with van der Waals surface area (Å²) in [5, 5.41) is -0.582. The van der Waals surface area contributed by atoms with Gasteiger partial charge in [0.1, 0.15) is 0 Å². The van der Waals surface area contributed by atoms with Gasteiger partial charge in [-0.2, -0.15) is 0 Å². The second-order valence-corrected chi connectivity index (χ2v) is 4.41. The van der Waals surface area contributed by atoms with Crippen LogP contribution in [0.4, 0.5) is 13.2 Å². The molecule has 0 saturated heterocycles. The molecule has 1 aromatic rings. The van der Waals surface area contributed by atoms with Crippen LogP contribution < -0.4 is 0 Å². The van der Waals surface area contributed by atoms with Crippen molar-refractivity contribution in [1.29, 1.82) is 0 Å². The van der Waals surface area contributed by atoms with Gasteiger partial charge in [-0.15, -0.1) is 0 Å². The summed E-state index contributed by atoms with van der Waals surface area (Å²) in [5.41, 5.74) is -0.480. The minimum absolute atomic E-state index is 0.0915. The molecule has 0 heterocycles. The molecule has 0 bridgehead atoms. The monoisotopic (exact) mass is 261 g/mol. The first kappa shape index (κ1) is 12.4. The molecule has 1 aromatic carbocycles. The van der Waals surface area contributed by atoms with E-state index in [-0.39, 0.29) is 5.92 Å². The van der Waals surface area contributed by atoms with Crippen LogP contribution in [0.15, 0.2) is 6.07 Å². The highest BCUT2D eigenvalue weighted by Gasteiger charge is 2.43. The SMILES string of the molecule is CCC1[CH]C1C(=O)c1cc(Cl)c(F)c(F)c1F. The molecule has 17 heavy (non-hydrogen) atoms. The van der Waals surface area contributed by atoms with Gasteiger partial charge in [0.05, 0.1) is 10.6 Å². The molecule has 0 spiro atoms. The minimum Gasteiger partial charge on any atom is -0.294 e. The third kappa shape index (κ3) is 2.06. The number of carbonyl (C=O) groups excluding carboxylic acids is 1. The second-order valence-electron chi connectivity index (χ2n) is 4.00. The van der Waals surface area contributed by atoms with Gasteiger partial charge in [0.25, 0.3) is 0 Å². The fraction of sp³-hybridized carbons (Fsp3) is 0.333. The lowest BCUT2D eigenvalue weighted by Crippen LogP contribution is -2.09. The van der Waals surface area contributed by atoms with Gasteiger partial charge < -0.3 is 0 Å². The van der Waals surface area contributed by atoms with Crippen molar-refractivity contribution >= 4 is 17.4 Å². The number of Topliss-reactive ketones (excluding diaryl/α,β-unsaturated/α-hetero) is 1. The van der Waals surface area contributed by atoms with E-state index in [1.807, 2.05) is 6.92 Å². The van der Waals surface area contributed by atoms with Crippen molar-refractivity contribution in [3.05, 3.63) is 40.5 Å². The molecular weight excluding hydrogens is 253 g/mol. The summed E-state index contributed by atoms with van der Waals surface area (Å²) >= 11 is 5.39. The number of carbonyl (C=O) groups is 1. The van der Waals surface area contributed by atoms with Crippen molar-refractivity contribution in [2.75, 3.05) is 0 Å². The highest BCUT2D eigenvalue weighted by molar-refractivity contribution is 6.31. The standard InChI is InChI=1S/C12H9ClF3O/c1-2-5-3-6(5)12(17)7-4-8(13)10(15)11(16)9(7)14/h3-6H,2H2,1H3. The third-order valence-corrected chi connectivity index (χ3v) is 3.19. The lowest BCUT2D eigenvalue weighted by atomic mass is 10.0. The van der Waals surface area contributed by atoms with E-state index in [1.54, 1.807) is 6.42 Å². The normalized spacial score (nSPS) is 22.6. The van der Waals surface area contributed by atoms with Gasteiger partial charge >= 0.3 is 0 Å². The average molecular weight is 262 g/mol. The van der Waals surface area contributed by atoms with Crippen LogP contribution in [0.3, 0.4) is 0 Å². The summed E-state index contributed by atoms with van der Waals surface area (Å²) in [6.45, 7) is 1.89. The Labute approximate surface area is 102 Å².